The molecule has 2 aromatic heterocycles. The van der Waals surface area contributed by atoms with Crippen LogP contribution in [0.2, 0.25) is 0 Å². The topological polar surface area (TPSA) is 87.1 Å². The number of thioether (sulfide) groups is 1. The van der Waals surface area contributed by atoms with Gasteiger partial charge in [-0.1, -0.05) is 29.1 Å². The van der Waals surface area contributed by atoms with E-state index >= 15 is 0 Å². The number of benzene rings is 2. The molecule has 7 nitrogen and oxygen atoms in total. The zero-order valence-corrected chi connectivity index (χ0v) is 16.7. The summed E-state index contributed by atoms with van der Waals surface area (Å²) in [6.07, 6.45) is 0. The normalized spacial score (nSPS) is 12.1. The van der Waals surface area contributed by atoms with Crippen molar-refractivity contribution in [1.29, 1.82) is 0 Å². The number of hydrogen-bond acceptors (Lipinski definition) is 8. The number of rotatable bonds is 6. The molecule has 0 amide bonds. The van der Waals surface area contributed by atoms with E-state index in [1.165, 1.54) is 17.8 Å². The highest BCUT2D eigenvalue weighted by molar-refractivity contribution is 7.99. The lowest BCUT2D eigenvalue weighted by Gasteiger charge is -2.01. The second-order valence-corrected chi connectivity index (χ2v) is 7.57. The van der Waals surface area contributed by atoms with Gasteiger partial charge in [-0.3, -0.25) is 0 Å². The lowest BCUT2D eigenvalue weighted by molar-refractivity contribution is 0.379. The maximum Gasteiger partial charge on any atom is 0.277 e. The molecule has 0 radical (unpaired) electrons. The summed E-state index contributed by atoms with van der Waals surface area (Å²) in [5, 5.41) is 12.2. The van der Waals surface area contributed by atoms with Crippen LogP contribution in [0.5, 0.6) is 5.75 Å². The SMILES string of the molecule is COc1ccc(-c2nnc(SC(C)c3nc(-c4ccc(C)c(F)c4)no3)o2)cc1. The van der Waals surface area contributed by atoms with Gasteiger partial charge in [0.15, 0.2) is 0 Å². The average Bonchev–Trinajstić information content (AvgIpc) is 3.40. The van der Waals surface area contributed by atoms with Gasteiger partial charge in [-0.25, -0.2) is 4.39 Å². The van der Waals surface area contributed by atoms with E-state index in [1.54, 1.807) is 26.2 Å². The van der Waals surface area contributed by atoms with Crippen LogP contribution in [0.25, 0.3) is 22.8 Å². The second kappa shape index (κ2) is 8.04. The quantitative estimate of drug-likeness (QED) is 0.405. The number of nitrogens with zero attached hydrogens (tertiary/aromatic N) is 4. The first kappa shape index (κ1) is 19.1. The highest BCUT2D eigenvalue weighted by Gasteiger charge is 2.20. The number of hydrogen-bond donors (Lipinski definition) is 0. The molecule has 9 heteroatoms. The zero-order valence-electron chi connectivity index (χ0n) is 15.9. The van der Waals surface area contributed by atoms with Crippen LogP contribution >= 0.6 is 11.8 Å². The van der Waals surface area contributed by atoms with E-state index in [0.29, 0.717) is 34.0 Å². The molecule has 148 valence electrons. The summed E-state index contributed by atoms with van der Waals surface area (Å²) in [7, 11) is 1.61. The van der Waals surface area contributed by atoms with Crippen LogP contribution in [0.1, 0.15) is 23.6 Å². The van der Waals surface area contributed by atoms with Crippen molar-refractivity contribution in [2.75, 3.05) is 7.11 Å². The van der Waals surface area contributed by atoms with Crippen LogP contribution in [0.4, 0.5) is 4.39 Å². The van der Waals surface area contributed by atoms with Gasteiger partial charge in [-0.15, -0.1) is 10.2 Å². The molecule has 0 aliphatic rings. The van der Waals surface area contributed by atoms with Gasteiger partial charge in [0.05, 0.1) is 12.4 Å². The predicted octanol–water partition coefficient (Wildman–Crippen LogP) is 5.10. The molecular formula is C20H17FN4O3S. The zero-order chi connectivity index (χ0) is 20.4. The van der Waals surface area contributed by atoms with Gasteiger partial charge in [-0.2, -0.15) is 4.98 Å². The van der Waals surface area contributed by atoms with Crippen molar-refractivity contribution in [3.63, 3.8) is 0 Å². The maximum atomic E-state index is 13.8. The summed E-state index contributed by atoms with van der Waals surface area (Å²) in [5.74, 6) is 1.56. The minimum atomic E-state index is -0.312. The third-order valence-corrected chi connectivity index (χ3v) is 5.16. The van der Waals surface area contributed by atoms with Crippen LogP contribution in [0.15, 0.2) is 56.6 Å². The standard InChI is InChI=1S/C20H17FN4O3S/c1-11-4-5-14(10-16(11)21)17-22-18(28-25-17)12(2)29-20-24-23-19(27-20)13-6-8-15(26-3)9-7-13/h4-10,12H,1-3H3. The van der Waals surface area contributed by atoms with Gasteiger partial charge in [0.2, 0.25) is 17.6 Å². The van der Waals surface area contributed by atoms with Crippen molar-refractivity contribution in [1.82, 2.24) is 20.3 Å². The van der Waals surface area contributed by atoms with Crippen molar-refractivity contribution >= 4 is 11.8 Å². The molecule has 0 saturated heterocycles. The molecule has 4 aromatic rings. The van der Waals surface area contributed by atoms with Crippen LogP contribution in [0, 0.1) is 12.7 Å². The maximum absolute atomic E-state index is 13.8. The van der Waals surface area contributed by atoms with Gasteiger partial charge >= 0.3 is 0 Å². The monoisotopic (exact) mass is 412 g/mol. The van der Waals surface area contributed by atoms with Crippen LogP contribution in [-0.4, -0.2) is 27.4 Å². The van der Waals surface area contributed by atoms with Gasteiger partial charge in [0.25, 0.3) is 5.22 Å². The third-order valence-electron chi connectivity index (χ3n) is 4.24. The number of aryl methyl sites for hydroxylation is 1. The third kappa shape index (κ3) is 4.14. The van der Waals surface area contributed by atoms with Gasteiger partial charge in [0, 0.05) is 11.1 Å². The lowest BCUT2D eigenvalue weighted by atomic mass is 10.1. The van der Waals surface area contributed by atoms with E-state index in [-0.39, 0.29) is 11.1 Å². The van der Waals surface area contributed by atoms with Gasteiger partial charge in [0.1, 0.15) is 11.6 Å². The predicted molar refractivity (Wildman–Crippen MR) is 105 cm³/mol. The van der Waals surface area contributed by atoms with Crippen molar-refractivity contribution in [2.45, 2.75) is 24.3 Å². The van der Waals surface area contributed by atoms with Gasteiger partial charge < -0.3 is 13.7 Å². The van der Waals surface area contributed by atoms with Crippen LogP contribution in [-0.2, 0) is 0 Å². The first-order valence-corrected chi connectivity index (χ1v) is 9.66. The second-order valence-electron chi connectivity index (χ2n) is 6.28. The molecule has 1 unspecified atom stereocenters. The molecule has 0 fully saturated rings. The molecule has 1 atom stereocenters. The van der Waals surface area contributed by atoms with E-state index in [2.05, 4.69) is 20.3 Å². The van der Waals surface area contributed by atoms with E-state index in [0.717, 1.165) is 11.3 Å². The van der Waals surface area contributed by atoms with E-state index in [4.69, 9.17) is 13.7 Å². The molecule has 2 heterocycles. The summed E-state index contributed by atoms with van der Waals surface area (Å²) in [6, 6.07) is 12.2. The fraction of sp³-hybridized carbons (Fsp3) is 0.200. The molecule has 0 aliphatic carbocycles. The Kier molecular flexibility index (Phi) is 5.30. The molecular weight excluding hydrogens is 395 g/mol. The number of halogens is 1. The van der Waals surface area contributed by atoms with Crippen molar-refractivity contribution in [3.05, 3.63) is 59.7 Å². The fourth-order valence-corrected chi connectivity index (χ4v) is 3.27. The summed E-state index contributed by atoms with van der Waals surface area (Å²) >= 11 is 1.30. The van der Waals surface area contributed by atoms with Crippen LogP contribution < -0.4 is 4.74 Å². The smallest absolute Gasteiger partial charge is 0.277 e. The molecule has 0 aliphatic heterocycles. The molecule has 2 aromatic carbocycles. The minimum Gasteiger partial charge on any atom is -0.497 e. The summed E-state index contributed by atoms with van der Waals surface area (Å²) in [5.41, 5.74) is 1.91. The molecule has 0 saturated carbocycles. The Morgan fingerprint density at radius 3 is 2.55 bits per heavy atom. The molecule has 0 spiro atoms. The Balaban J connectivity index is 1.47. The van der Waals surface area contributed by atoms with Crippen molar-refractivity contribution < 1.29 is 18.1 Å². The molecule has 29 heavy (non-hydrogen) atoms. The summed E-state index contributed by atoms with van der Waals surface area (Å²) in [4.78, 5) is 4.36. The Bertz CT molecular complexity index is 1130. The number of aromatic nitrogens is 4. The first-order valence-electron chi connectivity index (χ1n) is 8.78. The highest BCUT2D eigenvalue weighted by atomic mass is 32.2. The van der Waals surface area contributed by atoms with Crippen molar-refractivity contribution in [2.24, 2.45) is 0 Å². The Morgan fingerprint density at radius 2 is 1.83 bits per heavy atom. The van der Waals surface area contributed by atoms with E-state index in [1.807, 2.05) is 31.2 Å². The average molecular weight is 412 g/mol. The van der Waals surface area contributed by atoms with Crippen molar-refractivity contribution in [3.8, 4) is 28.6 Å². The fourth-order valence-electron chi connectivity index (χ4n) is 2.56. The van der Waals surface area contributed by atoms with Gasteiger partial charge in [-0.05, 0) is 49.7 Å². The molecule has 0 N–H and O–H groups in total. The lowest BCUT2D eigenvalue weighted by Crippen LogP contribution is -1.90. The Hall–Kier alpha value is -3.20. The largest absolute Gasteiger partial charge is 0.497 e. The minimum absolute atomic E-state index is 0.226. The number of methoxy groups -OCH3 is 1. The van der Waals surface area contributed by atoms with E-state index < -0.39 is 0 Å². The molecule has 4 rings (SSSR count). The summed E-state index contributed by atoms with van der Waals surface area (Å²) < 4.78 is 30.0. The summed E-state index contributed by atoms with van der Waals surface area (Å²) in [6.45, 7) is 3.58. The van der Waals surface area contributed by atoms with Crippen LogP contribution in [0.3, 0.4) is 0 Å². The van der Waals surface area contributed by atoms with E-state index in [9.17, 15) is 4.39 Å². The first-order chi connectivity index (χ1) is 14.0. The Morgan fingerprint density at radius 1 is 1.07 bits per heavy atom. The number of ether oxygens (including phenoxy) is 1. The molecule has 0 bridgehead atoms. The Labute approximate surface area is 170 Å². The highest BCUT2D eigenvalue weighted by Crippen LogP contribution is 2.35.